The third kappa shape index (κ3) is 2.91. The highest BCUT2D eigenvalue weighted by atomic mass is 35.5. The molecule has 7 nitrogen and oxygen atoms in total. The summed E-state index contributed by atoms with van der Waals surface area (Å²) in [4.78, 5) is 16.7. The van der Waals surface area contributed by atoms with Crippen molar-refractivity contribution >= 4 is 33.3 Å². The highest BCUT2D eigenvalue weighted by molar-refractivity contribution is 7.92. The van der Waals surface area contributed by atoms with E-state index in [1.54, 1.807) is 6.92 Å². The van der Waals surface area contributed by atoms with Gasteiger partial charge in [0, 0.05) is 6.20 Å². The molecule has 2 heterocycles. The second-order valence-electron chi connectivity index (χ2n) is 3.99. The molecule has 0 aliphatic carbocycles. The van der Waals surface area contributed by atoms with Gasteiger partial charge in [-0.25, -0.2) is 18.2 Å². The lowest BCUT2D eigenvalue weighted by Crippen LogP contribution is -2.12. The molecule has 0 atom stereocenters. The van der Waals surface area contributed by atoms with E-state index < -0.39 is 16.0 Å². The quantitative estimate of drug-likeness (QED) is 0.746. The fourth-order valence-corrected chi connectivity index (χ4v) is 2.61. The molecule has 0 saturated heterocycles. The van der Waals surface area contributed by atoms with Crippen LogP contribution < -0.4 is 4.72 Å². The lowest BCUT2D eigenvalue weighted by atomic mass is 10.3. The first kappa shape index (κ1) is 14.4. The SMILES string of the molecule is Cc1cc(NS(=O)(=O)c2c[nH]c(C(=O)O)c2)cnc1Cl. The van der Waals surface area contributed by atoms with Gasteiger partial charge in [-0.1, -0.05) is 11.6 Å². The van der Waals surface area contributed by atoms with Gasteiger partial charge in [0.2, 0.25) is 0 Å². The minimum atomic E-state index is -3.88. The van der Waals surface area contributed by atoms with Crippen LogP contribution in [-0.2, 0) is 10.0 Å². The van der Waals surface area contributed by atoms with Crippen molar-refractivity contribution in [1.29, 1.82) is 0 Å². The van der Waals surface area contributed by atoms with Gasteiger partial charge < -0.3 is 10.1 Å². The van der Waals surface area contributed by atoms with Gasteiger partial charge in [-0.15, -0.1) is 0 Å². The predicted molar refractivity (Wildman–Crippen MR) is 72.5 cm³/mol. The minimum Gasteiger partial charge on any atom is -0.477 e. The number of aromatic nitrogens is 2. The molecule has 106 valence electrons. The molecule has 0 aliphatic rings. The number of H-pyrrole nitrogens is 1. The number of pyridine rings is 1. The second kappa shape index (κ2) is 5.14. The van der Waals surface area contributed by atoms with E-state index in [9.17, 15) is 13.2 Å². The maximum Gasteiger partial charge on any atom is 0.352 e. The number of carboxylic acid groups (broad SMARTS) is 1. The van der Waals surface area contributed by atoms with Gasteiger partial charge in [-0.3, -0.25) is 4.72 Å². The number of nitrogens with one attached hydrogen (secondary N) is 2. The Kier molecular flexibility index (Phi) is 3.69. The molecule has 0 fully saturated rings. The zero-order valence-electron chi connectivity index (χ0n) is 10.2. The van der Waals surface area contributed by atoms with Crippen LogP contribution in [0, 0.1) is 6.92 Å². The average Bonchev–Trinajstić information content (AvgIpc) is 2.84. The molecule has 0 amide bonds. The number of hydrogen-bond donors (Lipinski definition) is 3. The second-order valence-corrected chi connectivity index (χ2v) is 6.03. The Bertz CT molecular complexity index is 770. The number of aryl methyl sites for hydroxylation is 1. The Morgan fingerprint density at radius 1 is 1.45 bits per heavy atom. The van der Waals surface area contributed by atoms with Gasteiger partial charge in [0.25, 0.3) is 10.0 Å². The topological polar surface area (TPSA) is 112 Å². The number of aromatic amines is 1. The van der Waals surface area contributed by atoms with Crippen LogP contribution in [0.1, 0.15) is 16.1 Å². The monoisotopic (exact) mass is 315 g/mol. The van der Waals surface area contributed by atoms with E-state index in [4.69, 9.17) is 16.7 Å². The average molecular weight is 316 g/mol. The first-order valence-corrected chi connectivity index (χ1v) is 7.22. The number of aromatic carboxylic acids is 1. The zero-order valence-corrected chi connectivity index (χ0v) is 11.8. The molecular weight excluding hydrogens is 306 g/mol. The van der Waals surface area contributed by atoms with Gasteiger partial charge in [0.05, 0.1) is 11.9 Å². The van der Waals surface area contributed by atoms with Crippen LogP contribution in [0.2, 0.25) is 5.15 Å². The standard InChI is InChI=1S/C11H10ClN3O4S/c1-6-2-7(4-14-10(6)12)15-20(18,19)8-3-9(11(16)17)13-5-8/h2-5,13,15H,1H3,(H,16,17). The highest BCUT2D eigenvalue weighted by Gasteiger charge is 2.18. The van der Waals surface area contributed by atoms with Gasteiger partial charge in [0.15, 0.2) is 0 Å². The summed E-state index contributed by atoms with van der Waals surface area (Å²) in [6.45, 7) is 1.69. The van der Waals surface area contributed by atoms with Crippen LogP contribution in [0.3, 0.4) is 0 Å². The summed E-state index contributed by atoms with van der Waals surface area (Å²) in [5, 5.41) is 9.03. The van der Waals surface area contributed by atoms with Crippen molar-refractivity contribution in [2.75, 3.05) is 4.72 Å². The third-order valence-electron chi connectivity index (χ3n) is 2.46. The molecule has 0 bridgehead atoms. The van der Waals surface area contributed by atoms with Crippen molar-refractivity contribution < 1.29 is 18.3 Å². The van der Waals surface area contributed by atoms with Crippen molar-refractivity contribution in [3.63, 3.8) is 0 Å². The Labute approximate surface area is 119 Å². The maximum absolute atomic E-state index is 12.0. The fraction of sp³-hybridized carbons (Fsp3) is 0.0909. The van der Waals surface area contributed by atoms with Crippen LogP contribution in [0.25, 0.3) is 0 Å². The third-order valence-corrected chi connectivity index (χ3v) is 4.22. The minimum absolute atomic E-state index is 0.178. The molecule has 0 spiro atoms. The van der Waals surface area contributed by atoms with Crippen molar-refractivity contribution in [2.24, 2.45) is 0 Å². The fourth-order valence-electron chi connectivity index (χ4n) is 1.48. The lowest BCUT2D eigenvalue weighted by Gasteiger charge is -2.07. The summed E-state index contributed by atoms with van der Waals surface area (Å²) in [7, 11) is -3.88. The molecular formula is C11H10ClN3O4S. The van der Waals surface area contributed by atoms with E-state index in [0.717, 1.165) is 12.3 Å². The molecule has 0 unspecified atom stereocenters. The van der Waals surface area contributed by atoms with E-state index in [1.807, 2.05) is 0 Å². The Balaban J connectivity index is 2.30. The Hall–Kier alpha value is -2.06. The first-order chi connectivity index (χ1) is 9.29. The van der Waals surface area contributed by atoms with Gasteiger partial charge in [-0.2, -0.15) is 0 Å². The lowest BCUT2D eigenvalue weighted by molar-refractivity contribution is 0.0691. The number of halogens is 1. The highest BCUT2D eigenvalue weighted by Crippen LogP contribution is 2.20. The summed E-state index contributed by atoms with van der Waals surface area (Å²) in [5.41, 5.74) is 0.646. The van der Waals surface area contributed by atoms with Crippen molar-refractivity contribution in [1.82, 2.24) is 9.97 Å². The summed E-state index contributed by atoms with van der Waals surface area (Å²) < 4.78 is 26.4. The van der Waals surface area contributed by atoms with Crippen LogP contribution in [0.4, 0.5) is 5.69 Å². The van der Waals surface area contributed by atoms with Crippen LogP contribution in [0.5, 0.6) is 0 Å². The van der Waals surface area contributed by atoms with E-state index in [0.29, 0.717) is 5.56 Å². The summed E-state index contributed by atoms with van der Waals surface area (Å²) in [5.74, 6) is -1.24. The van der Waals surface area contributed by atoms with E-state index in [2.05, 4.69) is 14.7 Å². The molecule has 2 rings (SSSR count). The van der Waals surface area contributed by atoms with Crippen molar-refractivity contribution in [3.05, 3.63) is 40.9 Å². The molecule has 20 heavy (non-hydrogen) atoms. The van der Waals surface area contributed by atoms with Gasteiger partial charge in [0.1, 0.15) is 15.7 Å². The summed E-state index contributed by atoms with van der Waals surface area (Å²) >= 11 is 5.75. The molecule has 2 aromatic rings. The predicted octanol–water partition coefficient (Wildman–Crippen LogP) is 1.87. The summed E-state index contributed by atoms with van der Waals surface area (Å²) in [6, 6.07) is 2.55. The van der Waals surface area contributed by atoms with Crippen LogP contribution in [0.15, 0.2) is 29.4 Å². The zero-order chi connectivity index (χ0) is 14.9. The number of sulfonamides is 1. The normalized spacial score (nSPS) is 11.3. The number of carboxylic acids is 1. The van der Waals surface area contributed by atoms with E-state index in [-0.39, 0.29) is 21.4 Å². The molecule has 9 heteroatoms. The number of rotatable bonds is 4. The summed E-state index contributed by atoms with van der Waals surface area (Å²) in [6.07, 6.45) is 2.37. The molecule has 0 radical (unpaired) electrons. The largest absolute Gasteiger partial charge is 0.477 e. The molecule has 3 N–H and O–H groups in total. The van der Waals surface area contributed by atoms with Crippen LogP contribution in [-0.4, -0.2) is 29.5 Å². The first-order valence-electron chi connectivity index (χ1n) is 5.36. The van der Waals surface area contributed by atoms with Crippen LogP contribution >= 0.6 is 11.6 Å². The molecule has 0 saturated carbocycles. The van der Waals surface area contributed by atoms with Crippen molar-refractivity contribution in [3.8, 4) is 0 Å². The smallest absolute Gasteiger partial charge is 0.352 e. The number of nitrogens with zero attached hydrogens (tertiary/aromatic N) is 1. The Morgan fingerprint density at radius 3 is 2.70 bits per heavy atom. The van der Waals surface area contributed by atoms with E-state index in [1.165, 1.54) is 12.3 Å². The number of carbonyl (C=O) groups is 1. The van der Waals surface area contributed by atoms with Crippen molar-refractivity contribution in [2.45, 2.75) is 11.8 Å². The van der Waals surface area contributed by atoms with Gasteiger partial charge >= 0.3 is 5.97 Å². The molecule has 0 aliphatic heterocycles. The maximum atomic E-state index is 12.0. The molecule has 0 aromatic carbocycles. The van der Waals surface area contributed by atoms with E-state index >= 15 is 0 Å². The molecule has 2 aromatic heterocycles. The number of anilines is 1. The van der Waals surface area contributed by atoms with Gasteiger partial charge in [-0.05, 0) is 24.6 Å². The number of hydrogen-bond acceptors (Lipinski definition) is 4. The Morgan fingerprint density at radius 2 is 2.15 bits per heavy atom.